The molecule has 222 valence electrons. The van der Waals surface area contributed by atoms with Gasteiger partial charge in [0.15, 0.2) is 0 Å². The van der Waals surface area contributed by atoms with Crippen LogP contribution in [-0.2, 0) is 16.1 Å². The van der Waals surface area contributed by atoms with E-state index in [4.69, 9.17) is 18.9 Å². The molecule has 0 saturated carbocycles. The molecule has 0 spiro atoms. The lowest BCUT2D eigenvalue weighted by molar-refractivity contribution is 0.00198. The summed E-state index contributed by atoms with van der Waals surface area (Å²) in [5.41, 5.74) is 3.68. The summed E-state index contributed by atoms with van der Waals surface area (Å²) >= 11 is 0. The second-order valence-corrected chi connectivity index (χ2v) is 11.9. The number of fused-ring (bicyclic) bond motifs is 1. The number of piperidine rings is 1. The van der Waals surface area contributed by atoms with Gasteiger partial charge in [-0.15, -0.1) is 0 Å². The summed E-state index contributed by atoms with van der Waals surface area (Å²) in [6.45, 7) is 11.7. The van der Waals surface area contributed by atoms with Crippen LogP contribution in [0.2, 0.25) is 0 Å². The van der Waals surface area contributed by atoms with Crippen LogP contribution in [0, 0.1) is 5.92 Å². The normalized spacial score (nSPS) is 21.0. The molecule has 0 amide bonds. The SMILES string of the molecule is COCCCN1CCOc2ccc(CO[C@H]3CN[C@H](CCCN(C)CC(C)C)C[C@@H]3c3ccc(OC)cc3)cc21. The van der Waals surface area contributed by atoms with E-state index < -0.39 is 0 Å². The Balaban J connectivity index is 1.39. The molecule has 7 heteroatoms. The average Bonchev–Trinajstić information content (AvgIpc) is 2.96. The maximum atomic E-state index is 6.67. The van der Waals surface area contributed by atoms with Crippen LogP contribution in [0.4, 0.5) is 5.69 Å². The zero-order chi connectivity index (χ0) is 28.3. The van der Waals surface area contributed by atoms with Crippen molar-refractivity contribution in [3.05, 3.63) is 53.6 Å². The van der Waals surface area contributed by atoms with E-state index in [1.807, 2.05) is 0 Å². The van der Waals surface area contributed by atoms with Crippen molar-refractivity contribution in [3.8, 4) is 11.5 Å². The number of ether oxygens (including phenoxy) is 4. The molecule has 0 unspecified atom stereocenters. The van der Waals surface area contributed by atoms with Gasteiger partial charge in [-0.05, 0) is 80.6 Å². The van der Waals surface area contributed by atoms with Crippen LogP contribution in [0.5, 0.6) is 11.5 Å². The molecular formula is C33H51N3O4. The standard InChI is InChI=1S/C33H51N3O4/c1-25(2)23-35(3)15-6-8-28-21-30(27-10-12-29(38-5)13-11-27)33(22-34-28)40-24-26-9-14-32-31(20-26)36(17-19-39-32)16-7-18-37-4/h9-14,20,25,28,30,33-34H,6-8,15-19,21-24H2,1-5H3/t28-,30-,33+/m1/s1. The third-order valence-electron chi connectivity index (χ3n) is 8.13. The first-order chi connectivity index (χ1) is 19.5. The highest BCUT2D eigenvalue weighted by atomic mass is 16.5. The third-order valence-corrected chi connectivity index (χ3v) is 8.13. The molecule has 0 aliphatic carbocycles. The second-order valence-electron chi connectivity index (χ2n) is 11.9. The first kappa shape index (κ1) is 30.6. The van der Waals surface area contributed by atoms with Gasteiger partial charge in [0, 0.05) is 45.3 Å². The fraction of sp³-hybridized carbons (Fsp3) is 0.636. The lowest BCUT2D eigenvalue weighted by Gasteiger charge is -2.38. The number of benzene rings is 2. The highest BCUT2D eigenvalue weighted by Gasteiger charge is 2.32. The Hall–Kier alpha value is -2.32. The molecule has 0 aromatic heterocycles. The molecule has 1 saturated heterocycles. The monoisotopic (exact) mass is 553 g/mol. The smallest absolute Gasteiger partial charge is 0.142 e. The Kier molecular flexibility index (Phi) is 12.0. The number of anilines is 1. The lowest BCUT2D eigenvalue weighted by Crippen LogP contribution is -2.47. The number of nitrogens with zero attached hydrogens (tertiary/aromatic N) is 2. The van der Waals surface area contributed by atoms with E-state index in [9.17, 15) is 0 Å². The topological polar surface area (TPSA) is 55.4 Å². The van der Waals surface area contributed by atoms with Gasteiger partial charge < -0.3 is 34.1 Å². The van der Waals surface area contributed by atoms with E-state index in [-0.39, 0.29) is 6.10 Å². The molecule has 3 atom stereocenters. The highest BCUT2D eigenvalue weighted by molar-refractivity contribution is 5.61. The Labute approximate surface area is 242 Å². The van der Waals surface area contributed by atoms with Crippen molar-refractivity contribution >= 4 is 5.69 Å². The van der Waals surface area contributed by atoms with Crippen LogP contribution in [-0.4, -0.2) is 84.3 Å². The summed E-state index contributed by atoms with van der Waals surface area (Å²) in [5, 5.41) is 3.82. The first-order valence-corrected chi connectivity index (χ1v) is 15.1. The molecule has 1 N–H and O–H groups in total. The van der Waals surface area contributed by atoms with E-state index in [2.05, 4.69) is 78.5 Å². The summed E-state index contributed by atoms with van der Waals surface area (Å²) in [7, 11) is 5.72. The van der Waals surface area contributed by atoms with Gasteiger partial charge in [-0.2, -0.15) is 0 Å². The molecule has 0 radical (unpaired) electrons. The number of rotatable bonds is 15. The van der Waals surface area contributed by atoms with Crippen molar-refractivity contribution in [3.63, 3.8) is 0 Å². The summed E-state index contributed by atoms with van der Waals surface area (Å²) in [6.07, 6.45) is 4.59. The molecule has 4 rings (SSSR count). The minimum absolute atomic E-state index is 0.110. The number of methoxy groups -OCH3 is 2. The average molecular weight is 554 g/mol. The number of nitrogens with one attached hydrogen (secondary N) is 1. The lowest BCUT2D eigenvalue weighted by atomic mass is 9.83. The summed E-state index contributed by atoms with van der Waals surface area (Å²) in [5.74, 6) is 2.91. The Morgan fingerprint density at radius 2 is 1.93 bits per heavy atom. The van der Waals surface area contributed by atoms with Gasteiger partial charge in [0.1, 0.15) is 18.1 Å². The summed E-state index contributed by atoms with van der Waals surface area (Å²) in [4.78, 5) is 4.87. The number of hydrogen-bond acceptors (Lipinski definition) is 7. The van der Waals surface area contributed by atoms with Gasteiger partial charge in [-0.1, -0.05) is 32.0 Å². The second kappa shape index (κ2) is 15.6. The van der Waals surface area contributed by atoms with E-state index >= 15 is 0 Å². The van der Waals surface area contributed by atoms with E-state index in [0.29, 0.717) is 24.5 Å². The minimum Gasteiger partial charge on any atom is -0.497 e. The molecular weight excluding hydrogens is 502 g/mol. The van der Waals surface area contributed by atoms with E-state index in [0.717, 1.165) is 70.3 Å². The predicted molar refractivity (Wildman–Crippen MR) is 163 cm³/mol. The van der Waals surface area contributed by atoms with Crippen molar-refractivity contribution in [2.45, 2.75) is 64.2 Å². The molecule has 2 aliphatic heterocycles. The van der Waals surface area contributed by atoms with Gasteiger partial charge in [0.05, 0.1) is 32.1 Å². The Morgan fingerprint density at radius 3 is 2.67 bits per heavy atom. The van der Waals surface area contributed by atoms with Crippen LogP contribution in [0.1, 0.15) is 56.6 Å². The van der Waals surface area contributed by atoms with Gasteiger partial charge >= 0.3 is 0 Å². The van der Waals surface area contributed by atoms with Crippen molar-refractivity contribution in [1.82, 2.24) is 10.2 Å². The molecule has 2 heterocycles. The molecule has 40 heavy (non-hydrogen) atoms. The van der Waals surface area contributed by atoms with Crippen molar-refractivity contribution in [2.75, 3.05) is 72.1 Å². The summed E-state index contributed by atoms with van der Waals surface area (Å²) < 4.78 is 23.3. The fourth-order valence-corrected chi connectivity index (χ4v) is 6.13. The highest BCUT2D eigenvalue weighted by Crippen LogP contribution is 2.35. The Morgan fingerprint density at radius 1 is 1.10 bits per heavy atom. The molecule has 1 fully saturated rings. The molecule has 0 bridgehead atoms. The van der Waals surface area contributed by atoms with Crippen LogP contribution in [0.3, 0.4) is 0 Å². The zero-order valence-electron chi connectivity index (χ0n) is 25.4. The van der Waals surface area contributed by atoms with Crippen LogP contribution in [0.15, 0.2) is 42.5 Å². The quantitative estimate of drug-likeness (QED) is 0.299. The maximum Gasteiger partial charge on any atom is 0.142 e. The van der Waals surface area contributed by atoms with Crippen LogP contribution >= 0.6 is 0 Å². The molecule has 2 aliphatic rings. The largest absolute Gasteiger partial charge is 0.497 e. The fourth-order valence-electron chi connectivity index (χ4n) is 6.13. The van der Waals surface area contributed by atoms with Gasteiger partial charge in [0.25, 0.3) is 0 Å². The van der Waals surface area contributed by atoms with Gasteiger partial charge in [-0.3, -0.25) is 0 Å². The first-order valence-electron chi connectivity index (χ1n) is 15.1. The Bertz CT molecular complexity index is 1020. The van der Waals surface area contributed by atoms with Crippen molar-refractivity contribution in [2.24, 2.45) is 5.92 Å². The van der Waals surface area contributed by atoms with Crippen LogP contribution < -0.4 is 19.7 Å². The van der Waals surface area contributed by atoms with Gasteiger partial charge in [0.2, 0.25) is 0 Å². The van der Waals surface area contributed by atoms with Crippen LogP contribution in [0.25, 0.3) is 0 Å². The van der Waals surface area contributed by atoms with E-state index in [1.54, 1.807) is 14.2 Å². The predicted octanol–water partition coefficient (Wildman–Crippen LogP) is 5.33. The zero-order valence-corrected chi connectivity index (χ0v) is 25.4. The summed E-state index contributed by atoms with van der Waals surface area (Å²) in [6, 6.07) is 15.6. The minimum atomic E-state index is 0.110. The van der Waals surface area contributed by atoms with Crippen molar-refractivity contribution < 1.29 is 18.9 Å². The van der Waals surface area contributed by atoms with Crippen molar-refractivity contribution in [1.29, 1.82) is 0 Å². The molecule has 2 aromatic rings. The maximum absolute atomic E-state index is 6.67. The van der Waals surface area contributed by atoms with E-state index in [1.165, 1.54) is 29.7 Å². The molecule has 7 nitrogen and oxygen atoms in total. The van der Waals surface area contributed by atoms with Gasteiger partial charge in [-0.25, -0.2) is 0 Å². The third kappa shape index (κ3) is 8.84. The number of hydrogen-bond donors (Lipinski definition) is 1. The molecule has 2 aromatic carbocycles.